The molecule has 2 bridgehead atoms. The number of fused-ring (bicyclic) bond motifs is 5. The van der Waals surface area contributed by atoms with Crippen LogP contribution in [-0.2, 0) is 0 Å². The Hall–Kier alpha value is -0.140. The van der Waals surface area contributed by atoms with E-state index in [0.717, 1.165) is 11.1 Å². The van der Waals surface area contributed by atoms with Crippen LogP contribution in [0.4, 0.5) is 0 Å². The number of hydrogen-bond donors (Lipinski definition) is 0. The molecule has 18 heavy (non-hydrogen) atoms. The molecule has 0 N–H and O–H groups in total. The Kier molecular flexibility index (Phi) is 2.99. The topological polar surface area (TPSA) is 0 Å². The summed E-state index contributed by atoms with van der Waals surface area (Å²) in [6, 6.07) is 0. The maximum absolute atomic E-state index is 6.35. The molecular formula is C14H10Cl4. The average molecular weight is 320 g/mol. The van der Waals surface area contributed by atoms with Gasteiger partial charge in [-0.05, 0) is 30.5 Å². The van der Waals surface area contributed by atoms with Crippen molar-refractivity contribution in [2.45, 2.75) is 25.7 Å². The van der Waals surface area contributed by atoms with Crippen LogP contribution in [0.2, 0.25) is 20.1 Å². The minimum Gasteiger partial charge on any atom is -0.0823 e. The first-order chi connectivity index (χ1) is 8.45. The molecule has 0 aliphatic heterocycles. The molecule has 0 unspecified atom stereocenters. The van der Waals surface area contributed by atoms with Crippen LogP contribution < -0.4 is 0 Å². The van der Waals surface area contributed by atoms with E-state index in [1.165, 1.54) is 11.1 Å². The summed E-state index contributed by atoms with van der Waals surface area (Å²) in [7, 11) is 0. The lowest BCUT2D eigenvalue weighted by molar-refractivity contribution is 0.992. The van der Waals surface area contributed by atoms with E-state index < -0.39 is 0 Å². The Bertz CT molecular complexity index is 574. The van der Waals surface area contributed by atoms with Gasteiger partial charge < -0.3 is 0 Å². The van der Waals surface area contributed by atoms with Gasteiger partial charge in [-0.1, -0.05) is 64.1 Å². The van der Waals surface area contributed by atoms with E-state index in [4.69, 9.17) is 46.4 Å². The minimum absolute atomic E-state index is 0.203. The number of benzene rings is 1. The van der Waals surface area contributed by atoms with Gasteiger partial charge in [0.2, 0.25) is 0 Å². The Balaban J connectivity index is 2.38. The highest BCUT2D eigenvalue weighted by molar-refractivity contribution is 6.52. The first-order valence-electron chi connectivity index (χ1n) is 5.66. The molecule has 0 nitrogen and oxygen atoms in total. The average Bonchev–Trinajstić information content (AvgIpc) is 2.88. The summed E-state index contributed by atoms with van der Waals surface area (Å²) in [4.78, 5) is 0. The standard InChI is InChI=1S/C14H10Cl4/c1-5(2)8-6-3-4-7(8)10-9(6)11(15)13(17)14(18)12(10)16/h3-4,6-7H,1-2H3/t6-,7-/m0/s1. The molecule has 3 rings (SSSR count). The van der Waals surface area contributed by atoms with Crippen molar-refractivity contribution in [3.8, 4) is 0 Å². The summed E-state index contributed by atoms with van der Waals surface area (Å²) in [5, 5.41) is 1.79. The molecular weight excluding hydrogens is 310 g/mol. The lowest BCUT2D eigenvalue weighted by Crippen LogP contribution is -1.97. The molecule has 2 atom stereocenters. The SMILES string of the molecule is CC(C)=C1[C@@H]2C=C[C@@H]1c1c(Cl)c(Cl)c(Cl)c(Cl)c12. The van der Waals surface area contributed by atoms with Gasteiger partial charge in [0.05, 0.1) is 20.1 Å². The third-order valence-corrected chi connectivity index (χ3v) is 5.54. The van der Waals surface area contributed by atoms with Crippen LogP contribution in [0.15, 0.2) is 23.3 Å². The van der Waals surface area contributed by atoms with E-state index in [2.05, 4.69) is 26.0 Å². The van der Waals surface area contributed by atoms with Gasteiger partial charge >= 0.3 is 0 Å². The fourth-order valence-electron chi connectivity index (χ4n) is 3.02. The van der Waals surface area contributed by atoms with Crippen molar-refractivity contribution in [3.05, 3.63) is 54.5 Å². The third kappa shape index (κ3) is 1.47. The largest absolute Gasteiger partial charge is 0.0823 e. The molecule has 0 aromatic heterocycles. The van der Waals surface area contributed by atoms with E-state index in [-0.39, 0.29) is 11.8 Å². The van der Waals surface area contributed by atoms with Gasteiger partial charge in [-0.2, -0.15) is 0 Å². The van der Waals surface area contributed by atoms with Gasteiger partial charge in [-0.25, -0.2) is 0 Å². The zero-order valence-electron chi connectivity index (χ0n) is 9.82. The Morgan fingerprint density at radius 2 is 1.17 bits per heavy atom. The number of hydrogen-bond acceptors (Lipinski definition) is 0. The van der Waals surface area contributed by atoms with Crippen molar-refractivity contribution in [3.63, 3.8) is 0 Å². The van der Waals surface area contributed by atoms with E-state index >= 15 is 0 Å². The predicted molar refractivity (Wildman–Crippen MR) is 79.5 cm³/mol. The molecule has 94 valence electrons. The van der Waals surface area contributed by atoms with E-state index in [1.807, 2.05) is 0 Å². The van der Waals surface area contributed by atoms with Crippen molar-refractivity contribution >= 4 is 46.4 Å². The van der Waals surface area contributed by atoms with E-state index in [1.54, 1.807) is 0 Å². The fourth-order valence-corrected chi connectivity index (χ4v) is 4.14. The molecule has 0 fully saturated rings. The maximum atomic E-state index is 6.35. The van der Waals surface area contributed by atoms with Crippen LogP contribution in [0, 0.1) is 0 Å². The van der Waals surface area contributed by atoms with E-state index in [9.17, 15) is 0 Å². The number of halogens is 4. The highest BCUT2D eigenvalue weighted by Gasteiger charge is 2.42. The summed E-state index contributed by atoms with van der Waals surface area (Å²) in [5.74, 6) is 0.407. The lowest BCUT2D eigenvalue weighted by Gasteiger charge is -2.16. The van der Waals surface area contributed by atoms with Crippen LogP contribution >= 0.6 is 46.4 Å². The predicted octanol–water partition coefficient (Wildman–Crippen LogP) is 6.39. The van der Waals surface area contributed by atoms with Crippen LogP contribution in [0.25, 0.3) is 0 Å². The van der Waals surface area contributed by atoms with Gasteiger partial charge in [0.15, 0.2) is 0 Å². The van der Waals surface area contributed by atoms with Gasteiger partial charge in [0, 0.05) is 11.8 Å². The van der Waals surface area contributed by atoms with Gasteiger partial charge in [0.1, 0.15) is 0 Å². The molecule has 1 aromatic carbocycles. The summed E-state index contributed by atoms with van der Waals surface area (Å²) >= 11 is 25.0. The number of allylic oxidation sites excluding steroid dienone is 4. The highest BCUT2D eigenvalue weighted by atomic mass is 35.5. The number of rotatable bonds is 0. The maximum Gasteiger partial charge on any atom is 0.0797 e. The molecule has 2 aliphatic carbocycles. The molecule has 1 aromatic rings. The summed E-state index contributed by atoms with van der Waals surface area (Å²) in [6.07, 6.45) is 4.34. The first kappa shape index (κ1) is 12.9. The Morgan fingerprint density at radius 1 is 0.778 bits per heavy atom. The van der Waals surface area contributed by atoms with Crippen LogP contribution in [-0.4, -0.2) is 0 Å². The smallest absolute Gasteiger partial charge is 0.0797 e. The minimum atomic E-state index is 0.203. The fraction of sp³-hybridized carbons (Fsp3) is 0.286. The summed E-state index contributed by atoms with van der Waals surface area (Å²) in [5.41, 5.74) is 4.71. The van der Waals surface area contributed by atoms with Crippen LogP contribution in [0.3, 0.4) is 0 Å². The van der Waals surface area contributed by atoms with Crippen molar-refractivity contribution in [2.75, 3.05) is 0 Å². The molecule has 0 saturated heterocycles. The third-order valence-electron chi connectivity index (χ3n) is 3.71. The van der Waals surface area contributed by atoms with Crippen molar-refractivity contribution < 1.29 is 0 Å². The van der Waals surface area contributed by atoms with Gasteiger partial charge in [-0.3, -0.25) is 0 Å². The normalized spacial score (nSPS) is 23.8. The highest BCUT2D eigenvalue weighted by Crippen LogP contribution is 2.60. The molecule has 0 spiro atoms. The Morgan fingerprint density at radius 3 is 1.50 bits per heavy atom. The van der Waals surface area contributed by atoms with Crippen LogP contribution in [0.5, 0.6) is 0 Å². The molecule has 0 heterocycles. The molecule has 0 radical (unpaired) electrons. The molecule has 2 aliphatic rings. The zero-order valence-corrected chi connectivity index (χ0v) is 12.8. The monoisotopic (exact) mass is 318 g/mol. The molecule has 0 amide bonds. The second-order valence-corrected chi connectivity index (χ2v) is 6.39. The summed E-state index contributed by atoms with van der Waals surface area (Å²) < 4.78 is 0. The van der Waals surface area contributed by atoms with Gasteiger partial charge in [0.25, 0.3) is 0 Å². The van der Waals surface area contributed by atoms with Gasteiger partial charge in [-0.15, -0.1) is 0 Å². The second-order valence-electron chi connectivity index (χ2n) is 4.88. The van der Waals surface area contributed by atoms with Crippen molar-refractivity contribution in [1.82, 2.24) is 0 Å². The quantitative estimate of drug-likeness (QED) is 0.295. The molecule has 4 heteroatoms. The second kappa shape index (κ2) is 4.18. The lowest BCUT2D eigenvalue weighted by atomic mass is 9.97. The Labute approximate surface area is 126 Å². The van der Waals surface area contributed by atoms with Crippen LogP contribution in [0.1, 0.15) is 36.8 Å². The first-order valence-corrected chi connectivity index (χ1v) is 7.17. The van der Waals surface area contributed by atoms with E-state index in [0.29, 0.717) is 20.1 Å². The summed E-state index contributed by atoms with van der Waals surface area (Å²) in [6.45, 7) is 4.22. The van der Waals surface area contributed by atoms with Crippen molar-refractivity contribution in [1.29, 1.82) is 0 Å². The molecule has 0 saturated carbocycles. The zero-order chi connectivity index (χ0) is 13.2. The van der Waals surface area contributed by atoms with Crippen molar-refractivity contribution in [2.24, 2.45) is 0 Å².